The Kier molecular flexibility index (Phi) is 10.6. The summed E-state index contributed by atoms with van der Waals surface area (Å²) in [5.41, 5.74) is 2.05. The quantitative estimate of drug-likeness (QED) is 0.222. The highest BCUT2D eigenvalue weighted by Crippen LogP contribution is 2.42. The van der Waals surface area contributed by atoms with E-state index < -0.39 is 17.8 Å². The lowest BCUT2D eigenvalue weighted by molar-refractivity contribution is -0.0478. The van der Waals surface area contributed by atoms with Crippen LogP contribution in [0, 0.1) is 3.70 Å². The zero-order chi connectivity index (χ0) is 26.5. The van der Waals surface area contributed by atoms with E-state index in [1.54, 1.807) is 4.68 Å². The minimum Gasteiger partial charge on any atom is -0.491 e. The molecule has 0 saturated heterocycles. The lowest BCUT2D eigenvalue weighted by Crippen LogP contribution is -2.36. The summed E-state index contributed by atoms with van der Waals surface area (Å²) in [4.78, 5) is 0. The van der Waals surface area contributed by atoms with Gasteiger partial charge in [0.1, 0.15) is 27.9 Å². The minimum atomic E-state index is -0.763. The summed E-state index contributed by atoms with van der Waals surface area (Å²) in [6.45, 7) is 6.75. The molecule has 3 N–H and O–H groups in total. The molecule has 0 spiro atoms. The first-order valence-electron chi connectivity index (χ1n) is 11.6. The lowest BCUT2D eigenvalue weighted by Gasteiger charge is -2.37. The number of aliphatic hydroxyl groups is 3. The lowest BCUT2D eigenvalue weighted by atomic mass is 9.74. The molecule has 8 nitrogen and oxygen atoms in total. The number of nitrogens with zero attached hydrogens (tertiary/aromatic N) is 3. The molecule has 11 heteroatoms. The summed E-state index contributed by atoms with van der Waals surface area (Å²) < 4.78 is 15.1. The molecule has 0 bridgehead atoms. The molecule has 1 aliphatic rings. The van der Waals surface area contributed by atoms with E-state index in [4.69, 9.17) is 21.1 Å². The van der Waals surface area contributed by atoms with Gasteiger partial charge in [0, 0.05) is 8.99 Å². The number of benzene rings is 1. The zero-order valence-corrected chi connectivity index (χ0v) is 25.6. The molecule has 3 unspecified atom stereocenters. The van der Waals surface area contributed by atoms with E-state index >= 15 is 0 Å². The van der Waals surface area contributed by atoms with Crippen LogP contribution in [0.4, 0.5) is 0 Å². The highest BCUT2D eigenvalue weighted by molar-refractivity contribution is 14.1. The maximum atomic E-state index is 10.5. The third-order valence-corrected chi connectivity index (χ3v) is 9.27. The molecular formula is C25H32ClI2N3O5. The first-order chi connectivity index (χ1) is 17.0. The second-order valence-corrected chi connectivity index (χ2v) is 12.0. The van der Waals surface area contributed by atoms with Gasteiger partial charge in [0.25, 0.3) is 0 Å². The van der Waals surface area contributed by atoms with Crippen LogP contribution in [0.25, 0.3) is 0 Å². The molecule has 36 heavy (non-hydrogen) atoms. The highest BCUT2D eigenvalue weighted by Gasteiger charge is 2.35. The van der Waals surface area contributed by atoms with Crippen molar-refractivity contribution in [1.29, 1.82) is 0 Å². The van der Waals surface area contributed by atoms with Crippen molar-refractivity contribution < 1.29 is 24.8 Å². The van der Waals surface area contributed by atoms with Gasteiger partial charge in [-0.3, -0.25) is 0 Å². The predicted molar refractivity (Wildman–Crippen MR) is 156 cm³/mol. The molecule has 3 atom stereocenters. The van der Waals surface area contributed by atoms with Crippen LogP contribution in [0.1, 0.15) is 38.4 Å². The van der Waals surface area contributed by atoms with E-state index in [1.807, 2.05) is 31.2 Å². The van der Waals surface area contributed by atoms with Crippen LogP contribution in [0.3, 0.4) is 0 Å². The van der Waals surface area contributed by atoms with Crippen LogP contribution in [-0.4, -0.2) is 67.2 Å². The molecule has 3 rings (SSSR count). The molecule has 0 radical (unpaired) electrons. The predicted octanol–water partition coefficient (Wildman–Crippen LogP) is 4.12. The van der Waals surface area contributed by atoms with Gasteiger partial charge in [-0.05, 0) is 87.9 Å². The number of alkyl halides is 1. The topological polar surface area (TPSA) is 110 Å². The Balaban J connectivity index is 1.61. The van der Waals surface area contributed by atoms with Crippen molar-refractivity contribution in [2.75, 3.05) is 19.1 Å². The normalized spacial score (nSPS) is 20.0. The van der Waals surface area contributed by atoms with Gasteiger partial charge in [0.2, 0.25) is 0 Å². The summed E-state index contributed by atoms with van der Waals surface area (Å²) in [5.74, 6) is 0.826. The monoisotopic (exact) mass is 743 g/mol. The fourth-order valence-electron chi connectivity index (χ4n) is 3.77. The van der Waals surface area contributed by atoms with E-state index in [9.17, 15) is 15.3 Å². The molecule has 0 fully saturated rings. The van der Waals surface area contributed by atoms with Crippen LogP contribution < -0.4 is 4.74 Å². The molecule has 0 aliphatic heterocycles. The summed E-state index contributed by atoms with van der Waals surface area (Å²) >= 11 is 10.0. The standard InChI is InChI=1S/C25H32ClI2N3O5/c1-24(2,16-4-6-20(7-5-16)35-14-18(33)11-26)17-8-9-25(3,22(27)10-17)36-15-19(34)12-31-23(28)21(13-32)29-30-31/h4-8,10,18-19,32-34H,9,11-15H2,1-3H3. The number of rotatable bonds is 12. The Labute approximate surface area is 244 Å². The molecule has 1 aromatic heterocycles. The summed E-state index contributed by atoms with van der Waals surface area (Å²) in [6, 6.07) is 7.89. The van der Waals surface area contributed by atoms with Gasteiger partial charge in [-0.2, -0.15) is 0 Å². The Hall–Kier alpha value is -0.770. The van der Waals surface area contributed by atoms with Gasteiger partial charge < -0.3 is 24.8 Å². The molecular weight excluding hydrogens is 712 g/mol. The number of ether oxygens (including phenoxy) is 2. The Morgan fingerprint density at radius 3 is 2.44 bits per heavy atom. The third kappa shape index (κ3) is 7.20. The van der Waals surface area contributed by atoms with Crippen molar-refractivity contribution >= 4 is 56.8 Å². The highest BCUT2D eigenvalue weighted by atomic mass is 127. The largest absolute Gasteiger partial charge is 0.491 e. The Morgan fingerprint density at radius 1 is 1.17 bits per heavy atom. The third-order valence-electron chi connectivity index (χ3n) is 6.28. The maximum absolute atomic E-state index is 10.5. The van der Waals surface area contributed by atoms with Gasteiger partial charge >= 0.3 is 0 Å². The zero-order valence-electron chi connectivity index (χ0n) is 20.5. The second kappa shape index (κ2) is 12.9. The number of allylic oxidation sites excluding steroid dienone is 2. The van der Waals surface area contributed by atoms with Gasteiger partial charge in [0.15, 0.2) is 0 Å². The van der Waals surface area contributed by atoms with E-state index in [1.165, 1.54) is 5.57 Å². The number of aliphatic hydroxyl groups excluding tert-OH is 3. The van der Waals surface area contributed by atoms with E-state index in [0.717, 1.165) is 9.14 Å². The smallest absolute Gasteiger partial charge is 0.125 e. The minimum absolute atomic E-state index is 0.137. The van der Waals surface area contributed by atoms with Crippen molar-refractivity contribution in [2.24, 2.45) is 0 Å². The van der Waals surface area contributed by atoms with Crippen molar-refractivity contribution in [3.8, 4) is 5.75 Å². The number of aromatic nitrogens is 3. The van der Waals surface area contributed by atoms with E-state index in [0.29, 0.717) is 21.6 Å². The number of halogens is 3. The van der Waals surface area contributed by atoms with Crippen molar-refractivity contribution in [3.05, 3.63) is 60.5 Å². The summed E-state index contributed by atoms with van der Waals surface area (Å²) in [5, 5.41) is 37.3. The van der Waals surface area contributed by atoms with Gasteiger partial charge in [0.05, 0.1) is 37.3 Å². The molecule has 0 amide bonds. The molecule has 2 aromatic rings. The summed E-state index contributed by atoms with van der Waals surface area (Å²) in [7, 11) is 0. The Morgan fingerprint density at radius 2 is 1.86 bits per heavy atom. The van der Waals surface area contributed by atoms with Crippen LogP contribution in [-0.2, 0) is 23.3 Å². The van der Waals surface area contributed by atoms with Gasteiger partial charge in [-0.15, -0.1) is 16.7 Å². The van der Waals surface area contributed by atoms with Gasteiger partial charge in [-0.25, -0.2) is 4.68 Å². The van der Waals surface area contributed by atoms with Gasteiger partial charge in [-0.1, -0.05) is 37.3 Å². The van der Waals surface area contributed by atoms with Crippen LogP contribution in [0.15, 0.2) is 45.6 Å². The molecule has 1 aromatic carbocycles. The SMILES string of the molecule is CC1(OCC(O)Cn2nnc(CO)c2I)CC=C(C(C)(C)c2ccc(OCC(O)CCl)cc2)C=C1I. The number of hydrogen-bond acceptors (Lipinski definition) is 7. The molecule has 0 saturated carbocycles. The average Bonchev–Trinajstić information content (AvgIpc) is 3.22. The van der Waals surface area contributed by atoms with Crippen molar-refractivity contribution in [3.63, 3.8) is 0 Å². The molecule has 1 heterocycles. The molecule has 1 aliphatic carbocycles. The fourth-order valence-corrected chi connectivity index (χ4v) is 5.14. The second-order valence-electron chi connectivity index (χ2n) is 9.49. The van der Waals surface area contributed by atoms with E-state index in [-0.39, 0.29) is 37.7 Å². The average molecular weight is 744 g/mol. The summed E-state index contributed by atoms with van der Waals surface area (Å²) in [6.07, 6.45) is 3.58. The maximum Gasteiger partial charge on any atom is 0.125 e. The van der Waals surface area contributed by atoms with Crippen LogP contribution in [0.5, 0.6) is 5.75 Å². The van der Waals surface area contributed by atoms with E-state index in [2.05, 4.69) is 81.5 Å². The first-order valence-corrected chi connectivity index (χ1v) is 14.3. The molecule has 198 valence electrons. The number of hydrogen-bond donors (Lipinski definition) is 3. The van der Waals surface area contributed by atoms with Crippen LogP contribution >= 0.6 is 56.8 Å². The Bertz CT molecular complexity index is 1090. The van der Waals surface area contributed by atoms with Crippen molar-refractivity contribution in [1.82, 2.24) is 15.0 Å². The fraction of sp³-hybridized carbons (Fsp3) is 0.520. The van der Waals surface area contributed by atoms with Crippen LogP contribution in [0.2, 0.25) is 0 Å². The van der Waals surface area contributed by atoms with Crippen molar-refractivity contribution in [2.45, 2.75) is 63.6 Å². The first kappa shape index (κ1) is 29.8.